The van der Waals surface area contributed by atoms with E-state index in [1.165, 1.54) is 32.1 Å². The molecule has 33 heavy (non-hydrogen) atoms. The van der Waals surface area contributed by atoms with Gasteiger partial charge in [0.05, 0.1) is 0 Å². The monoisotopic (exact) mass is 457 g/mol. The van der Waals surface area contributed by atoms with Gasteiger partial charge in [-0.15, -0.1) is 0 Å². The second-order valence-corrected chi connectivity index (χ2v) is 9.35. The number of nitrogens with zero attached hydrogens (tertiary/aromatic N) is 6. The molecule has 2 aliphatic rings. The van der Waals surface area contributed by atoms with Gasteiger partial charge in [0.25, 0.3) is 0 Å². The number of hydrogen-bond donors (Lipinski definition) is 2. The molecule has 1 aliphatic carbocycles. The first-order valence-corrected chi connectivity index (χ1v) is 12.2. The molecule has 0 radical (unpaired) electrons. The number of amides is 1. The number of aromatic nitrogens is 4. The minimum Gasteiger partial charge on any atom is -0.352 e. The Morgan fingerprint density at radius 1 is 1.18 bits per heavy atom. The molecule has 0 bridgehead atoms. The van der Waals surface area contributed by atoms with Gasteiger partial charge in [-0.2, -0.15) is 4.98 Å². The summed E-state index contributed by atoms with van der Waals surface area (Å²) in [5.74, 6) is 1.62. The van der Waals surface area contributed by atoms with Crippen LogP contribution in [0.1, 0.15) is 69.6 Å². The molecule has 4 rings (SSSR count). The number of likely N-dealkylation sites (N-methyl/N-ethyl adjacent to an activating group) is 1. The topological polar surface area (TPSA) is 121 Å². The average Bonchev–Trinajstić information content (AvgIpc) is 3.34. The van der Waals surface area contributed by atoms with E-state index in [1.807, 2.05) is 0 Å². The smallest absolute Gasteiger partial charge is 0.244 e. The second-order valence-electron chi connectivity index (χ2n) is 9.35. The minimum absolute atomic E-state index is 0.106. The van der Waals surface area contributed by atoms with Gasteiger partial charge in [0.15, 0.2) is 11.5 Å². The first-order valence-electron chi connectivity index (χ1n) is 12.2. The maximum absolute atomic E-state index is 11.9. The summed E-state index contributed by atoms with van der Waals surface area (Å²) in [4.78, 5) is 30.1. The van der Waals surface area contributed by atoms with E-state index in [2.05, 4.69) is 37.0 Å². The molecule has 1 atom stereocenters. The van der Waals surface area contributed by atoms with Crippen LogP contribution in [-0.4, -0.2) is 69.3 Å². The highest BCUT2D eigenvalue weighted by atomic mass is 16.5. The molecule has 2 aromatic heterocycles. The van der Waals surface area contributed by atoms with Crippen molar-refractivity contribution >= 4 is 11.7 Å². The van der Waals surface area contributed by atoms with Gasteiger partial charge in [-0.3, -0.25) is 10.0 Å². The summed E-state index contributed by atoms with van der Waals surface area (Å²) in [6, 6.07) is 0. The van der Waals surface area contributed by atoms with Crippen molar-refractivity contribution in [3.8, 4) is 11.5 Å². The predicted octanol–water partition coefficient (Wildman–Crippen LogP) is 3.01. The molecule has 10 heteroatoms. The summed E-state index contributed by atoms with van der Waals surface area (Å²) in [6.07, 6.45) is 12.9. The molecular weight excluding hydrogens is 422 g/mol. The van der Waals surface area contributed by atoms with Crippen molar-refractivity contribution in [3.05, 3.63) is 18.3 Å². The Bertz CT molecular complexity index is 892. The Hall–Kier alpha value is -2.59. The van der Waals surface area contributed by atoms with Crippen molar-refractivity contribution in [1.82, 2.24) is 30.5 Å². The molecule has 1 saturated heterocycles. The third-order valence-electron chi connectivity index (χ3n) is 6.93. The fourth-order valence-electron chi connectivity index (χ4n) is 4.95. The number of hydrogen-bond acceptors (Lipinski definition) is 9. The molecule has 1 aliphatic heterocycles. The van der Waals surface area contributed by atoms with Gasteiger partial charge in [0, 0.05) is 50.9 Å². The number of carbonyl (C=O) groups excluding carboxylic acids is 1. The highest BCUT2D eigenvalue weighted by Gasteiger charge is 2.26. The van der Waals surface area contributed by atoms with Crippen molar-refractivity contribution in [3.63, 3.8) is 0 Å². The molecule has 2 fully saturated rings. The SMILES string of the molecule is CN1CCN(c2nccnc2-c2noc([C@H](CCCC3CCCCC3)CC(=O)NO)n2)CC1. The van der Waals surface area contributed by atoms with Crippen LogP contribution in [0.3, 0.4) is 0 Å². The molecule has 10 nitrogen and oxygen atoms in total. The Morgan fingerprint density at radius 2 is 1.94 bits per heavy atom. The van der Waals surface area contributed by atoms with E-state index in [-0.39, 0.29) is 12.3 Å². The summed E-state index contributed by atoms with van der Waals surface area (Å²) in [6.45, 7) is 3.61. The molecule has 180 valence electrons. The fraction of sp³-hybridized carbons (Fsp3) is 0.696. The Labute approximate surface area is 194 Å². The molecule has 0 spiro atoms. The number of hydroxylamine groups is 1. The predicted molar refractivity (Wildman–Crippen MR) is 123 cm³/mol. The zero-order chi connectivity index (χ0) is 23.0. The van der Waals surface area contributed by atoms with Crippen molar-refractivity contribution in [1.29, 1.82) is 0 Å². The van der Waals surface area contributed by atoms with E-state index in [1.54, 1.807) is 17.9 Å². The van der Waals surface area contributed by atoms with Crippen LogP contribution in [0.2, 0.25) is 0 Å². The molecule has 3 heterocycles. The standard InChI is InChI=1S/C23H35N7O3/c1-29-12-14-30(15-13-29)22-20(24-10-11-25-22)21-26-23(33-28-21)18(16-19(31)27-32)9-5-8-17-6-3-2-4-7-17/h10-11,17-18,32H,2-9,12-16H2,1H3,(H,27,31)/t18-/m1/s1. The number of rotatable bonds is 9. The number of anilines is 1. The van der Waals surface area contributed by atoms with Crippen molar-refractivity contribution in [2.24, 2.45) is 5.92 Å². The maximum Gasteiger partial charge on any atom is 0.244 e. The van der Waals surface area contributed by atoms with Gasteiger partial charge in [-0.05, 0) is 19.4 Å². The summed E-state index contributed by atoms with van der Waals surface area (Å²) in [5.41, 5.74) is 2.33. The molecule has 1 amide bonds. The van der Waals surface area contributed by atoms with Crippen LogP contribution in [0.25, 0.3) is 11.5 Å². The number of carbonyl (C=O) groups is 1. The highest BCUT2D eigenvalue weighted by molar-refractivity contribution is 5.75. The van der Waals surface area contributed by atoms with Crippen molar-refractivity contribution in [2.45, 2.75) is 63.7 Å². The van der Waals surface area contributed by atoms with Gasteiger partial charge in [0.2, 0.25) is 17.6 Å². The quantitative estimate of drug-likeness (QED) is 0.432. The van der Waals surface area contributed by atoms with Gasteiger partial charge in [-0.25, -0.2) is 15.4 Å². The van der Waals surface area contributed by atoms with Gasteiger partial charge >= 0.3 is 0 Å². The molecule has 0 aromatic carbocycles. The largest absolute Gasteiger partial charge is 0.352 e. The van der Waals surface area contributed by atoms with Crippen LogP contribution in [0.5, 0.6) is 0 Å². The Balaban J connectivity index is 1.47. The lowest BCUT2D eigenvalue weighted by Gasteiger charge is -2.33. The van der Waals surface area contributed by atoms with E-state index in [4.69, 9.17) is 9.73 Å². The third-order valence-corrected chi connectivity index (χ3v) is 6.93. The van der Waals surface area contributed by atoms with Crippen LogP contribution in [0, 0.1) is 5.92 Å². The number of nitrogens with one attached hydrogen (secondary N) is 1. The van der Waals surface area contributed by atoms with E-state index >= 15 is 0 Å². The van der Waals surface area contributed by atoms with Crippen LogP contribution in [0.15, 0.2) is 16.9 Å². The first kappa shape index (κ1) is 23.6. The third kappa shape index (κ3) is 6.26. The zero-order valence-corrected chi connectivity index (χ0v) is 19.4. The van der Waals surface area contributed by atoms with Crippen LogP contribution < -0.4 is 10.4 Å². The molecule has 1 saturated carbocycles. The summed E-state index contributed by atoms with van der Waals surface area (Å²) >= 11 is 0. The normalized spacial score (nSPS) is 18.9. The van der Waals surface area contributed by atoms with E-state index in [0.29, 0.717) is 17.4 Å². The van der Waals surface area contributed by atoms with Gasteiger partial charge in [-0.1, -0.05) is 50.1 Å². The average molecular weight is 458 g/mol. The zero-order valence-electron chi connectivity index (χ0n) is 19.4. The van der Waals surface area contributed by atoms with Crippen LogP contribution in [-0.2, 0) is 4.79 Å². The van der Waals surface area contributed by atoms with Gasteiger partial charge < -0.3 is 14.3 Å². The molecule has 0 unspecified atom stereocenters. The summed E-state index contributed by atoms with van der Waals surface area (Å²) in [5, 5.41) is 13.2. The van der Waals surface area contributed by atoms with Crippen LogP contribution in [0.4, 0.5) is 5.82 Å². The van der Waals surface area contributed by atoms with Crippen LogP contribution >= 0.6 is 0 Å². The lowest BCUT2D eigenvalue weighted by atomic mass is 9.84. The molecule has 2 aromatic rings. The lowest BCUT2D eigenvalue weighted by molar-refractivity contribution is -0.129. The van der Waals surface area contributed by atoms with Crippen molar-refractivity contribution in [2.75, 3.05) is 38.1 Å². The van der Waals surface area contributed by atoms with E-state index < -0.39 is 5.91 Å². The highest BCUT2D eigenvalue weighted by Crippen LogP contribution is 2.32. The van der Waals surface area contributed by atoms with E-state index in [0.717, 1.165) is 57.2 Å². The summed E-state index contributed by atoms with van der Waals surface area (Å²) < 4.78 is 5.61. The molecular formula is C23H35N7O3. The van der Waals surface area contributed by atoms with Gasteiger partial charge in [0.1, 0.15) is 0 Å². The van der Waals surface area contributed by atoms with E-state index in [9.17, 15) is 4.79 Å². The lowest BCUT2D eigenvalue weighted by Crippen LogP contribution is -2.45. The second kappa shape index (κ2) is 11.5. The Kier molecular flexibility index (Phi) is 8.22. The summed E-state index contributed by atoms with van der Waals surface area (Å²) in [7, 11) is 2.11. The van der Waals surface area contributed by atoms with Crippen molar-refractivity contribution < 1.29 is 14.5 Å². The first-order chi connectivity index (χ1) is 16.1. The number of piperazine rings is 1. The fourth-order valence-corrected chi connectivity index (χ4v) is 4.95. The maximum atomic E-state index is 11.9. The Morgan fingerprint density at radius 3 is 2.70 bits per heavy atom. The molecule has 2 N–H and O–H groups in total. The minimum atomic E-state index is -0.449.